The molecule has 0 fully saturated rings. The first kappa shape index (κ1) is 15.0. The van der Waals surface area contributed by atoms with Crippen molar-refractivity contribution in [3.05, 3.63) is 58.2 Å². The normalized spacial score (nSPS) is 10.1. The molecule has 0 saturated heterocycles. The molecule has 2 N–H and O–H groups in total. The lowest BCUT2D eigenvalue weighted by Crippen LogP contribution is -2.30. The van der Waals surface area contributed by atoms with E-state index in [-0.39, 0.29) is 0 Å². The van der Waals surface area contributed by atoms with E-state index in [9.17, 15) is 0 Å². The zero-order valence-corrected chi connectivity index (χ0v) is 12.9. The number of rotatable bonds is 4. The summed E-state index contributed by atoms with van der Waals surface area (Å²) in [5.41, 5.74) is 1.16. The SMILES string of the molecule is S=C(NCCc1cccc(Cl)c1)Nc1ncccc1Cl. The summed E-state index contributed by atoms with van der Waals surface area (Å²) >= 11 is 17.1. The predicted molar refractivity (Wildman–Crippen MR) is 88.6 cm³/mol. The quantitative estimate of drug-likeness (QED) is 0.835. The smallest absolute Gasteiger partial charge is 0.171 e. The highest BCUT2D eigenvalue weighted by Crippen LogP contribution is 2.17. The first-order valence-corrected chi connectivity index (χ1v) is 7.21. The molecule has 20 heavy (non-hydrogen) atoms. The van der Waals surface area contributed by atoms with Crippen molar-refractivity contribution in [3.8, 4) is 0 Å². The molecule has 2 aromatic rings. The zero-order valence-electron chi connectivity index (χ0n) is 10.6. The second-order valence-electron chi connectivity index (χ2n) is 4.09. The molecule has 0 atom stereocenters. The van der Waals surface area contributed by atoms with Gasteiger partial charge in [-0.15, -0.1) is 0 Å². The zero-order chi connectivity index (χ0) is 14.4. The first-order chi connectivity index (χ1) is 9.65. The predicted octanol–water partition coefficient (Wildman–Crippen LogP) is 3.92. The van der Waals surface area contributed by atoms with Gasteiger partial charge in [0.2, 0.25) is 0 Å². The van der Waals surface area contributed by atoms with E-state index in [1.54, 1.807) is 18.3 Å². The van der Waals surface area contributed by atoms with Gasteiger partial charge < -0.3 is 10.6 Å². The molecule has 1 heterocycles. The van der Waals surface area contributed by atoms with E-state index >= 15 is 0 Å². The molecule has 0 aliphatic heterocycles. The molecular weight excluding hydrogens is 313 g/mol. The number of nitrogens with zero attached hydrogens (tertiary/aromatic N) is 1. The highest BCUT2D eigenvalue weighted by Gasteiger charge is 2.02. The van der Waals surface area contributed by atoms with Crippen molar-refractivity contribution < 1.29 is 0 Å². The molecule has 0 saturated carbocycles. The average Bonchev–Trinajstić information content (AvgIpc) is 2.41. The highest BCUT2D eigenvalue weighted by molar-refractivity contribution is 7.80. The van der Waals surface area contributed by atoms with Crippen LogP contribution in [0.3, 0.4) is 0 Å². The molecular formula is C14H13Cl2N3S. The number of nitrogens with one attached hydrogen (secondary N) is 2. The van der Waals surface area contributed by atoms with Crippen LogP contribution in [-0.2, 0) is 6.42 Å². The summed E-state index contributed by atoms with van der Waals surface area (Å²) in [4.78, 5) is 4.11. The summed E-state index contributed by atoms with van der Waals surface area (Å²) in [6.07, 6.45) is 2.49. The third-order valence-electron chi connectivity index (χ3n) is 2.58. The molecule has 1 aromatic carbocycles. The van der Waals surface area contributed by atoms with Gasteiger partial charge in [0.25, 0.3) is 0 Å². The van der Waals surface area contributed by atoms with Gasteiger partial charge in [0.05, 0.1) is 5.02 Å². The minimum absolute atomic E-state index is 0.493. The van der Waals surface area contributed by atoms with Crippen molar-refractivity contribution in [2.24, 2.45) is 0 Å². The lowest BCUT2D eigenvalue weighted by molar-refractivity contribution is 0.873. The fourth-order valence-corrected chi connectivity index (χ4v) is 2.22. The van der Waals surface area contributed by atoms with E-state index in [1.807, 2.05) is 24.3 Å². The number of anilines is 1. The van der Waals surface area contributed by atoms with Crippen LogP contribution >= 0.6 is 35.4 Å². The Balaban J connectivity index is 1.80. The van der Waals surface area contributed by atoms with Crippen LogP contribution < -0.4 is 10.6 Å². The number of halogens is 2. The molecule has 3 nitrogen and oxygen atoms in total. The van der Waals surface area contributed by atoms with Crippen LogP contribution in [0.2, 0.25) is 10.0 Å². The van der Waals surface area contributed by atoms with Crippen molar-refractivity contribution in [2.45, 2.75) is 6.42 Å². The minimum atomic E-state index is 0.493. The summed E-state index contributed by atoms with van der Waals surface area (Å²) < 4.78 is 0. The van der Waals surface area contributed by atoms with E-state index in [4.69, 9.17) is 35.4 Å². The summed E-state index contributed by atoms with van der Waals surface area (Å²) in [5, 5.41) is 7.83. The van der Waals surface area contributed by atoms with Crippen molar-refractivity contribution in [1.29, 1.82) is 0 Å². The van der Waals surface area contributed by atoms with E-state index < -0.39 is 0 Å². The minimum Gasteiger partial charge on any atom is -0.362 e. The van der Waals surface area contributed by atoms with Crippen LogP contribution in [0.5, 0.6) is 0 Å². The standard InChI is InChI=1S/C14H13Cl2N3S/c15-11-4-1-3-10(9-11)6-8-18-14(20)19-13-12(16)5-2-7-17-13/h1-5,7,9H,6,8H2,(H2,17,18,19,20). The van der Waals surface area contributed by atoms with Gasteiger partial charge in [-0.05, 0) is 48.5 Å². The van der Waals surface area contributed by atoms with Crippen molar-refractivity contribution in [2.75, 3.05) is 11.9 Å². The Hall–Kier alpha value is -1.36. The fourth-order valence-electron chi connectivity index (χ4n) is 1.64. The van der Waals surface area contributed by atoms with Crippen LogP contribution in [0.25, 0.3) is 0 Å². The molecule has 0 unspecified atom stereocenters. The Bertz CT molecular complexity index is 604. The largest absolute Gasteiger partial charge is 0.362 e. The topological polar surface area (TPSA) is 37.0 Å². The maximum atomic E-state index is 5.99. The number of pyridine rings is 1. The van der Waals surface area contributed by atoms with E-state index in [0.29, 0.717) is 22.5 Å². The molecule has 0 bridgehead atoms. The van der Waals surface area contributed by atoms with E-state index in [1.165, 1.54) is 0 Å². The van der Waals surface area contributed by atoms with Crippen molar-refractivity contribution >= 4 is 46.4 Å². The third kappa shape index (κ3) is 4.63. The van der Waals surface area contributed by atoms with Gasteiger partial charge in [-0.3, -0.25) is 0 Å². The average molecular weight is 326 g/mol. The molecule has 1 aromatic heterocycles. The Morgan fingerprint density at radius 1 is 1.20 bits per heavy atom. The second-order valence-corrected chi connectivity index (χ2v) is 5.35. The van der Waals surface area contributed by atoms with Crippen LogP contribution in [0, 0.1) is 0 Å². The lowest BCUT2D eigenvalue weighted by Gasteiger charge is -2.10. The summed E-state index contributed by atoms with van der Waals surface area (Å²) in [5.74, 6) is 0.550. The van der Waals surface area contributed by atoms with Gasteiger partial charge in [-0.2, -0.15) is 0 Å². The van der Waals surface area contributed by atoms with Crippen molar-refractivity contribution in [3.63, 3.8) is 0 Å². The van der Waals surface area contributed by atoms with E-state index in [0.717, 1.165) is 17.0 Å². The van der Waals surface area contributed by atoms with Gasteiger partial charge in [0.15, 0.2) is 10.9 Å². The lowest BCUT2D eigenvalue weighted by atomic mass is 10.1. The summed E-state index contributed by atoms with van der Waals surface area (Å²) in [6, 6.07) is 11.3. The van der Waals surface area contributed by atoms with Crippen LogP contribution in [-0.4, -0.2) is 16.6 Å². The van der Waals surface area contributed by atoms with Crippen LogP contribution in [0.1, 0.15) is 5.56 Å². The van der Waals surface area contributed by atoms with Gasteiger partial charge in [0.1, 0.15) is 0 Å². The number of hydrogen-bond donors (Lipinski definition) is 2. The molecule has 0 spiro atoms. The number of thiocarbonyl (C=S) groups is 1. The third-order valence-corrected chi connectivity index (χ3v) is 3.37. The molecule has 0 aliphatic carbocycles. The van der Waals surface area contributed by atoms with Crippen LogP contribution in [0.15, 0.2) is 42.6 Å². The molecule has 2 rings (SSSR count). The molecule has 104 valence electrons. The summed E-state index contributed by atoms with van der Waals surface area (Å²) in [7, 11) is 0. The van der Waals surface area contributed by atoms with Gasteiger partial charge >= 0.3 is 0 Å². The van der Waals surface area contributed by atoms with Crippen LogP contribution in [0.4, 0.5) is 5.82 Å². The van der Waals surface area contributed by atoms with Crippen molar-refractivity contribution in [1.82, 2.24) is 10.3 Å². The Morgan fingerprint density at radius 2 is 2.05 bits per heavy atom. The fraction of sp³-hybridized carbons (Fsp3) is 0.143. The molecule has 0 aliphatic rings. The van der Waals surface area contributed by atoms with Gasteiger partial charge in [-0.1, -0.05) is 35.3 Å². The Labute approximate surface area is 133 Å². The molecule has 0 amide bonds. The number of aromatic nitrogens is 1. The number of benzene rings is 1. The molecule has 6 heteroatoms. The Kier molecular flexibility index (Phi) is 5.59. The van der Waals surface area contributed by atoms with Gasteiger partial charge in [0, 0.05) is 17.8 Å². The summed E-state index contributed by atoms with van der Waals surface area (Å²) in [6.45, 7) is 0.705. The Morgan fingerprint density at radius 3 is 2.80 bits per heavy atom. The molecule has 0 radical (unpaired) electrons. The monoisotopic (exact) mass is 325 g/mol. The highest BCUT2D eigenvalue weighted by atomic mass is 35.5. The number of hydrogen-bond acceptors (Lipinski definition) is 2. The first-order valence-electron chi connectivity index (χ1n) is 6.05. The van der Waals surface area contributed by atoms with Gasteiger partial charge in [-0.25, -0.2) is 4.98 Å². The maximum Gasteiger partial charge on any atom is 0.171 e. The maximum absolute atomic E-state index is 5.99. The van der Waals surface area contributed by atoms with E-state index in [2.05, 4.69) is 15.6 Å². The second kappa shape index (κ2) is 7.43.